The summed E-state index contributed by atoms with van der Waals surface area (Å²) >= 11 is 0. The number of aldehydes is 1. The molecule has 0 aromatic rings. The van der Waals surface area contributed by atoms with Crippen molar-refractivity contribution in [3.63, 3.8) is 0 Å². The molecule has 0 N–H and O–H groups in total. The van der Waals surface area contributed by atoms with Crippen LogP contribution in [0.3, 0.4) is 0 Å². The van der Waals surface area contributed by atoms with Crippen LogP contribution in [0.2, 0.25) is 0 Å². The zero-order valence-corrected chi connectivity index (χ0v) is 5.97. The van der Waals surface area contributed by atoms with E-state index in [2.05, 4.69) is 0 Å². The second-order valence-electron chi connectivity index (χ2n) is 2.68. The molecule has 1 saturated carbocycles. The molecule has 1 heteroatoms. The predicted octanol–water partition coefficient (Wildman–Crippen LogP) is 2.32. The summed E-state index contributed by atoms with van der Waals surface area (Å²) in [6.07, 6.45) is 5.54. The molecule has 0 saturated heterocycles. The van der Waals surface area contributed by atoms with Gasteiger partial charge >= 0.3 is 0 Å². The van der Waals surface area contributed by atoms with Crippen molar-refractivity contribution in [2.75, 3.05) is 0 Å². The lowest BCUT2D eigenvalue weighted by Crippen LogP contribution is -2.05. The first-order valence-electron chi connectivity index (χ1n) is 5.20. The average molecular weight is 141 g/mol. The van der Waals surface area contributed by atoms with E-state index in [0.717, 1.165) is 24.8 Å². The summed E-state index contributed by atoms with van der Waals surface area (Å²) in [6, 6.07) is 0. The van der Waals surface area contributed by atoms with E-state index in [1.165, 1.54) is 6.08 Å². The van der Waals surface area contributed by atoms with E-state index in [9.17, 15) is 4.79 Å². The molecule has 0 aromatic heterocycles. The van der Waals surface area contributed by atoms with Crippen LogP contribution in [0.5, 0.6) is 0 Å². The van der Waals surface area contributed by atoms with Gasteiger partial charge in [0.1, 0.15) is 6.29 Å². The van der Waals surface area contributed by atoms with Crippen molar-refractivity contribution in [3.8, 4) is 0 Å². The molecule has 0 amide bonds. The predicted molar refractivity (Wildman–Crippen MR) is 41.8 cm³/mol. The highest BCUT2D eigenvalue weighted by atomic mass is 16.1. The fourth-order valence-corrected chi connectivity index (χ4v) is 1.32. The minimum Gasteiger partial charge on any atom is -0.299 e. The van der Waals surface area contributed by atoms with E-state index in [4.69, 9.17) is 4.11 Å². The van der Waals surface area contributed by atoms with Crippen molar-refractivity contribution in [2.24, 2.45) is 5.92 Å². The lowest BCUT2D eigenvalue weighted by Gasteiger charge is -2.20. The van der Waals surface area contributed by atoms with Crippen molar-refractivity contribution in [1.29, 1.82) is 0 Å². The number of allylic oxidation sites excluding steroid dienone is 2. The highest BCUT2D eigenvalue weighted by Crippen LogP contribution is 2.27. The molecule has 0 spiro atoms. The Kier molecular flexibility index (Phi) is 1.53. The van der Waals surface area contributed by atoms with Crippen molar-refractivity contribution in [2.45, 2.75) is 32.5 Å². The summed E-state index contributed by atoms with van der Waals surface area (Å²) in [7, 11) is 0. The van der Waals surface area contributed by atoms with Gasteiger partial charge < -0.3 is 0 Å². The summed E-state index contributed by atoms with van der Waals surface area (Å²) in [5.41, 5.74) is 0.807. The first-order chi connectivity index (χ1) is 6.05. The van der Waals surface area contributed by atoms with Crippen LogP contribution in [-0.2, 0) is 4.79 Å². The van der Waals surface area contributed by atoms with Gasteiger partial charge in [-0.1, -0.05) is 18.8 Å². The van der Waals surface area contributed by atoms with Crippen LogP contribution >= 0.6 is 0 Å². The third-order valence-corrected chi connectivity index (χ3v) is 1.94. The normalized spacial score (nSPS) is 36.2. The van der Waals surface area contributed by atoms with Gasteiger partial charge in [-0.05, 0) is 31.3 Å². The fraction of sp³-hybridized carbons (Fsp3) is 0.667. The molecule has 10 heavy (non-hydrogen) atoms. The number of hydrogen-bond acceptors (Lipinski definition) is 1. The molecule has 0 heterocycles. The highest BCUT2D eigenvalue weighted by Gasteiger charge is 2.12. The van der Waals surface area contributed by atoms with E-state index in [1.807, 2.05) is 0 Å². The van der Waals surface area contributed by atoms with E-state index in [1.54, 1.807) is 0 Å². The first-order valence-corrected chi connectivity index (χ1v) is 3.70. The smallest absolute Gasteiger partial charge is 0.142 e. The molecule has 1 nitrogen and oxygen atoms in total. The molecule has 0 aliphatic heterocycles. The van der Waals surface area contributed by atoms with E-state index < -0.39 is 6.85 Å². The maximum Gasteiger partial charge on any atom is 0.142 e. The summed E-state index contributed by atoms with van der Waals surface area (Å²) in [4.78, 5) is 10.3. The van der Waals surface area contributed by atoms with Gasteiger partial charge in [0.05, 0.1) is 0 Å². The highest BCUT2D eigenvalue weighted by molar-refractivity contribution is 5.66. The minimum absolute atomic E-state index is 0.383. The molecular weight excluding hydrogens is 124 g/mol. The van der Waals surface area contributed by atoms with Crippen LogP contribution in [0.1, 0.15) is 36.6 Å². The second-order valence-corrected chi connectivity index (χ2v) is 2.68. The Labute approximate surface area is 66.3 Å². The third-order valence-electron chi connectivity index (χ3n) is 1.94. The molecule has 1 unspecified atom stereocenters. The van der Waals surface area contributed by atoms with Gasteiger partial charge in [0.25, 0.3) is 0 Å². The van der Waals surface area contributed by atoms with Crippen LogP contribution in [0.4, 0.5) is 0 Å². The van der Waals surface area contributed by atoms with Crippen LogP contribution in [0.15, 0.2) is 11.6 Å². The average Bonchev–Trinajstić information content (AvgIpc) is 2.04. The summed E-state index contributed by atoms with van der Waals surface area (Å²) in [5, 5.41) is 0. The van der Waals surface area contributed by atoms with Gasteiger partial charge in [-0.25, -0.2) is 0 Å². The van der Waals surface area contributed by atoms with E-state index in [-0.39, 0.29) is 5.92 Å². The molecule has 1 atom stereocenters. The van der Waals surface area contributed by atoms with Gasteiger partial charge in [-0.2, -0.15) is 0 Å². The molecule has 0 bridgehead atoms. The van der Waals surface area contributed by atoms with Crippen LogP contribution < -0.4 is 0 Å². The van der Waals surface area contributed by atoms with Gasteiger partial charge in [0.2, 0.25) is 0 Å². The zero-order valence-electron chi connectivity index (χ0n) is 8.97. The van der Waals surface area contributed by atoms with Crippen molar-refractivity contribution >= 4 is 6.29 Å². The van der Waals surface area contributed by atoms with E-state index in [0.29, 0.717) is 12.7 Å². The van der Waals surface area contributed by atoms with Gasteiger partial charge in [-0.3, -0.25) is 4.79 Å². The van der Waals surface area contributed by atoms with Gasteiger partial charge in [0.15, 0.2) is 0 Å². The zero-order chi connectivity index (χ0) is 9.90. The summed E-state index contributed by atoms with van der Waals surface area (Å²) in [6.45, 7) is -1.94. The Hall–Kier alpha value is -0.590. The number of rotatable bonds is 1. The van der Waals surface area contributed by atoms with Gasteiger partial charge in [-0.15, -0.1) is 0 Å². The Bertz CT molecular complexity index is 217. The first kappa shape index (κ1) is 4.32. The molecule has 0 aromatic carbocycles. The molecule has 1 rings (SSSR count). The Morgan fingerprint density at radius 3 is 3.30 bits per heavy atom. The number of hydrogen-bond donors (Lipinski definition) is 0. The topological polar surface area (TPSA) is 17.1 Å². The second kappa shape index (κ2) is 3.55. The lowest BCUT2D eigenvalue weighted by molar-refractivity contribution is -0.104. The molecule has 1 fully saturated rings. The van der Waals surface area contributed by atoms with Crippen LogP contribution in [-0.4, -0.2) is 6.29 Å². The monoisotopic (exact) mass is 141 g/mol. The molecular formula is C9H14O. The quantitative estimate of drug-likeness (QED) is 0.404. The van der Waals surface area contributed by atoms with Crippen LogP contribution in [0, 0.1) is 5.92 Å². The van der Waals surface area contributed by atoms with E-state index >= 15 is 0 Å². The maximum absolute atomic E-state index is 10.3. The third kappa shape index (κ3) is 1.69. The Balaban J connectivity index is 2.79. The maximum atomic E-state index is 10.3. The lowest BCUT2D eigenvalue weighted by atomic mass is 9.85. The molecule has 56 valence electrons. The number of carbonyl (C=O) groups is 1. The summed E-state index contributed by atoms with van der Waals surface area (Å²) in [5.74, 6) is -0.383. The molecule has 1 aliphatic carbocycles. The van der Waals surface area contributed by atoms with Crippen molar-refractivity contribution < 1.29 is 8.91 Å². The minimum atomic E-state index is -1.94. The fourth-order valence-electron chi connectivity index (χ4n) is 1.32. The SMILES string of the molecule is [2H]C([2H])([2H])C1CCCC/C1=C\C=O. The number of carbonyl (C=O) groups excluding carboxylic acids is 1. The molecule has 0 radical (unpaired) electrons. The Morgan fingerprint density at radius 1 is 1.70 bits per heavy atom. The molecule has 1 aliphatic rings. The Morgan fingerprint density at radius 2 is 2.60 bits per heavy atom. The van der Waals surface area contributed by atoms with Crippen molar-refractivity contribution in [3.05, 3.63) is 11.6 Å². The van der Waals surface area contributed by atoms with Crippen molar-refractivity contribution in [1.82, 2.24) is 0 Å². The van der Waals surface area contributed by atoms with Gasteiger partial charge in [0, 0.05) is 4.11 Å². The standard InChI is InChI=1S/C9H14O/c1-8-4-2-3-5-9(8)6-7-10/h6-8H,2-5H2,1H3/b9-6+/i1D3. The summed E-state index contributed by atoms with van der Waals surface area (Å²) < 4.78 is 21.9. The largest absolute Gasteiger partial charge is 0.299 e. The van der Waals surface area contributed by atoms with Crippen LogP contribution in [0.25, 0.3) is 0 Å².